The summed E-state index contributed by atoms with van der Waals surface area (Å²) in [7, 11) is -10.3. The molecule has 0 heterocycles. The third kappa shape index (κ3) is 28.1. The van der Waals surface area contributed by atoms with Gasteiger partial charge in [0, 0.05) is 0 Å². The van der Waals surface area contributed by atoms with E-state index in [0.29, 0.717) is 36.3 Å². The molecule has 0 unspecified atom stereocenters. The first-order valence-corrected chi connectivity index (χ1v) is 35.4. The van der Waals surface area contributed by atoms with E-state index in [1.54, 1.807) is 0 Å². The van der Waals surface area contributed by atoms with E-state index in [2.05, 4.69) is 53.7 Å². The van der Waals surface area contributed by atoms with Crippen molar-refractivity contribution in [3.05, 3.63) is 58.7 Å². The van der Waals surface area contributed by atoms with Gasteiger partial charge in [0.15, 0.2) is 0 Å². The number of hydrogen-bond donors (Lipinski definition) is 6. The Bertz CT molecular complexity index is 1510. The van der Waals surface area contributed by atoms with E-state index < -0.39 is 20.0 Å². The molecule has 71 heavy (non-hydrogen) atoms. The average molecular weight is 1030 g/mol. The van der Waals surface area contributed by atoms with Crippen molar-refractivity contribution in [3.63, 3.8) is 0 Å². The molecule has 0 amide bonds. The van der Waals surface area contributed by atoms with Crippen molar-refractivity contribution in [2.75, 3.05) is 12.3 Å². The topological polar surface area (TPSA) is 121 Å². The molecule has 6 nitrogen and oxygen atoms in total. The molecule has 0 radical (unpaired) electrons. The van der Waals surface area contributed by atoms with Gasteiger partial charge in [0.2, 0.25) is 0 Å². The molecule has 0 bridgehead atoms. The molecule has 2 aromatic rings. The minimum atomic E-state index is -5.16. The molecule has 0 aliphatic heterocycles. The fraction of sp³-hybridized carbons (Fsp3) is 0.810. The molecule has 0 aromatic heterocycles. The minimum absolute atomic E-state index is 0.00571. The maximum absolute atomic E-state index is 11.9. The summed E-state index contributed by atoms with van der Waals surface area (Å²) in [4.78, 5) is 71.5. The second kappa shape index (κ2) is 36.9. The van der Waals surface area contributed by atoms with Crippen LogP contribution < -0.4 is 10.6 Å². The Morgan fingerprint density at radius 3 is 0.746 bits per heavy atom. The fourth-order valence-electron chi connectivity index (χ4n) is 11.0. The SMILES string of the molecule is CCCCCCCCCCCCc1cc(C(C)(C)c2ccc(P(O)(O)(O)CCCCCCCCCCCC)c(CCCCCCCCCCCC)c2)ccc1P(O)(O)(O)CCCCCCCCCCCC. The summed E-state index contributed by atoms with van der Waals surface area (Å²) in [5.74, 6) is 0. The number of rotatable bonds is 48. The van der Waals surface area contributed by atoms with Crippen LogP contribution in [0.5, 0.6) is 0 Å². The summed E-state index contributed by atoms with van der Waals surface area (Å²) < 4.78 is 0. The van der Waals surface area contributed by atoms with E-state index in [9.17, 15) is 29.4 Å². The Balaban J connectivity index is 2.36. The summed E-state index contributed by atoms with van der Waals surface area (Å²) >= 11 is 0. The molecule has 416 valence electrons. The first kappa shape index (κ1) is 66.2. The third-order valence-electron chi connectivity index (χ3n) is 16.0. The molecule has 0 fully saturated rings. The van der Waals surface area contributed by atoms with Crippen LogP contribution in [0.15, 0.2) is 36.4 Å². The van der Waals surface area contributed by atoms with E-state index in [1.807, 2.05) is 24.3 Å². The first-order chi connectivity index (χ1) is 34.0. The van der Waals surface area contributed by atoms with Gasteiger partial charge < -0.3 is 0 Å². The van der Waals surface area contributed by atoms with Crippen molar-refractivity contribution < 1.29 is 29.4 Å². The van der Waals surface area contributed by atoms with Crippen molar-refractivity contribution >= 4 is 25.2 Å². The van der Waals surface area contributed by atoms with Gasteiger partial charge >= 0.3 is 415 Å². The quantitative estimate of drug-likeness (QED) is 0.0290. The molecule has 8 heteroatoms. The molecule has 6 N–H and O–H groups in total. The van der Waals surface area contributed by atoms with Crippen LogP contribution in [-0.2, 0) is 18.3 Å². The van der Waals surface area contributed by atoms with Crippen molar-refractivity contribution in [1.29, 1.82) is 0 Å². The van der Waals surface area contributed by atoms with Gasteiger partial charge in [-0.1, -0.05) is 26.7 Å². The van der Waals surface area contributed by atoms with E-state index in [-0.39, 0.29) is 12.3 Å². The summed E-state index contributed by atoms with van der Waals surface area (Å²) in [6, 6.07) is 11.8. The predicted octanol–water partition coefficient (Wildman–Crippen LogP) is 18.6. The maximum atomic E-state index is 11.9. The number of unbranched alkanes of at least 4 members (excludes halogenated alkanes) is 36. The summed E-state index contributed by atoms with van der Waals surface area (Å²) in [5.41, 5.74) is 3.17. The van der Waals surface area contributed by atoms with Gasteiger partial charge in [0.05, 0.1) is 0 Å². The van der Waals surface area contributed by atoms with Crippen molar-refractivity contribution in [2.45, 2.75) is 317 Å². The predicted molar refractivity (Wildman–Crippen MR) is 316 cm³/mol. The van der Waals surface area contributed by atoms with Crippen LogP contribution in [0.1, 0.15) is 321 Å². The van der Waals surface area contributed by atoms with Crippen LogP contribution in [0.25, 0.3) is 0 Å². The monoisotopic (exact) mass is 1030 g/mol. The van der Waals surface area contributed by atoms with Crippen LogP contribution in [0.3, 0.4) is 0 Å². The van der Waals surface area contributed by atoms with Gasteiger partial charge in [-0.3, -0.25) is 0 Å². The van der Waals surface area contributed by atoms with Gasteiger partial charge in [0.25, 0.3) is 0 Å². The molecule has 0 saturated heterocycles. The summed E-state index contributed by atoms with van der Waals surface area (Å²) in [6.45, 7) is 13.4. The molecule has 2 rings (SSSR count). The molecular weight excluding hydrogens is 915 g/mol. The van der Waals surface area contributed by atoms with Gasteiger partial charge in [-0.2, -0.15) is 0 Å². The molecule has 0 saturated carbocycles. The van der Waals surface area contributed by atoms with Crippen molar-refractivity contribution in [1.82, 2.24) is 0 Å². The van der Waals surface area contributed by atoms with Crippen LogP contribution in [0.2, 0.25) is 0 Å². The van der Waals surface area contributed by atoms with Crippen LogP contribution in [0, 0.1) is 0 Å². The Morgan fingerprint density at radius 2 is 0.507 bits per heavy atom. The van der Waals surface area contributed by atoms with E-state index in [4.69, 9.17) is 0 Å². The zero-order valence-corrected chi connectivity index (χ0v) is 49.4. The molecule has 0 atom stereocenters. The third-order valence-corrected chi connectivity index (χ3v) is 21.2. The summed E-state index contributed by atoms with van der Waals surface area (Å²) in [5, 5.41) is 0.647. The molecular formula is C63H118O6P2. The van der Waals surface area contributed by atoms with Gasteiger partial charge in [-0.05, 0) is 0 Å². The van der Waals surface area contributed by atoms with Crippen LogP contribution in [0.4, 0.5) is 0 Å². The average Bonchev–Trinajstić information content (AvgIpc) is 3.33. The van der Waals surface area contributed by atoms with E-state index in [1.165, 1.54) is 167 Å². The standard InChI is InChI=1S/C63H118O6P2/c1-7-11-15-19-23-27-31-35-39-43-47-57-55-59(49-51-61(57)70(64,65,66)53-45-41-37-33-29-25-21-17-13-9-3)63(5,6)60-50-52-62(58(56-60)48-44-40-36-32-28-24-20-16-12-8-2)71(67,68,69)54-46-42-38-34-30-26-22-18-14-10-4/h49-52,55-56,64-69H,7-48,53-54H2,1-6H3. The van der Waals surface area contributed by atoms with E-state index >= 15 is 0 Å². The number of aryl methyl sites for hydroxylation is 2. The van der Waals surface area contributed by atoms with Gasteiger partial charge in [0.1, 0.15) is 0 Å². The van der Waals surface area contributed by atoms with Gasteiger partial charge in [-0.15, -0.1) is 0 Å². The Labute approximate surface area is 440 Å². The molecule has 2 aromatic carbocycles. The van der Waals surface area contributed by atoms with E-state index in [0.717, 1.165) is 99.3 Å². The zero-order chi connectivity index (χ0) is 52.2. The fourth-order valence-corrected chi connectivity index (χ4v) is 15.4. The Kier molecular flexibility index (Phi) is 34.4. The molecule has 0 aliphatic carbocycles. The second-order valence-electron chi connectivity index (χ2n) is 23.3. The normalized spacial score (nSPS) is 13.6. The van der Waals surface area contributed by atoms with Crippen molar-refractivity contribution in [2.24, 2.45) is 0 Å². The Morgan fingerprint density at radius 1 is 0.296 bits per heavy atom. The van der Waals surface area contributed by atoms with Crippen LogP contribution in [-0.4, -0.2) is 41.7 Å². The summed E-state index contributed by atoms with van der Waals surface area (Å²) in [6.07, 6.45) is 48.3. The molecule has 0 aliphatic rings. The second-order valence-corrected chi connectivity index (χ2v) is 29.7. The van der Waals surface area contributed by atoms with Crippen molar-refractivity contribution in [3.8, 4) is 0 Å². The van der Waals surface area contributed by atoms with Gasteiger partial charge in [-0.25, -0.2) is 0 Å². The molecule has 0 spiro atoms. The Hall–Kier alpha value is -0.940. The van der Waals surface area contributed by atoms with Crippen LogP contribution >= 0.6 is 14.6 Å². The number of hydrogen-bond acceptors (Lipinski definition) is 6. The zero-order valence-electron chi connectivity index (χ0n) is 47.7. The number of benzene rings is 2. The first-order valence-electron chi connectivity index (χ1n) is 30.8.